The average molecular weight is 297 g/mol. The first kappa shape index (κ1) is 17.0. The topological polar surface area (TPSA) is 93.5 Å². The minimum absolute atomic E-state index is 0.230. The van der Waals surface area contributed by atoms with Gasteiger partial charge in [0.2, 0.25) is 0 Å². The van der Waals surface area contributed by atoms with Crippen molar-refractivity contribution >= 4 is 12.1 Å². The van der Waals surface area contributed by atoms with E-state index in [1.54, 1.807) is 39.4 Å². The third-order valence-corrected chi connectivity index (χ3v) is 2.98. The first-order chi connectivity index (χ1) is 9.51. The Morgan fingerprint density at radius 3 is 2.33 bits per heavy atom. The van der Waals surface area contributed by atoms with Gasteiger partial charge in [0.1, 0.15) is 5.60 Å². The number of carbonyl (C=O) groups is 2. The van der Waals surface area contributed by atoms with Gasteiger partial charge in [0.15, 0.2) is 0 Å². The summed E-state index contributed by atoms with van der Waals surface area (Å²) in [4.78, 5) is 23.0. The lowest BCUT2D eigenvalue weighted by Crippen LogP contribution is -2.36. The molecular formula is C14H23N3O4. The summed E-state index contributed by atoms with van der Waals surface area (Å²) >= 11 is 0. The Kier molecular flexibility index (Phi) is 4.98. The molecule has 0 aliphatic carbocycles. The quantitative estimate of drug-likeness (QED) is 0.887. The molecule has 0 unspecified atom stereocenters. The highest BCUT2D eigenvalue weighted by Crippen LogP contribution is 2.24. The number of carboxylic acid groups (broad SMARTS) is 1. The van der Waals surface area contributed by atoms with Gasteiger partial charge in [0.05, 0.1) is 18.2 Å². The van der Waals surface area contributed by atoms with Crippen LogP contribution in [0.4, 0.5) is 4.79 Å². The van der Waals surface area contributed by atoms with Gasteiger partial charge in [0, 0.05) is 18.3 Å². The van der Waals surface area contributed by atoms with Crippen LogP contribution in [0.15, 0.2) is 0 Å². The predicted molar refractivity (Wildman–Crippen MR) is 77.0 cm³/mol. The molecule has 118 valence electrons. The number of aryl methyl sites for hydroxylation is 2. The fraction of sp³-hybridized carbons (Fsp3) is 0.643. The molecule has 0 aliphatic heterocycles. The molecule has 21 heavy (non-hydrogen) atoms. The summed E-state index contributed by atoms with van der Waals surface area (Å²) in [5.74, 6) is -1.00. The van der Waals surface area contributed by atoms with Crippen LogP contribution in [0.2, 0.25) is 0 Å². The number of carbonyl (C=O) groups excluding carboxylic acids is 1. The average Bonchev–Trinajstić information content (AvgIpc) is 2.48. The van der Waals surface area contributed by atoms with Gasteiger partial charge in [-0.15, -0.1) is 0 Å². The molecule has 1 atom stereocenters. The Morgan fingerprint density at radius 1 is 1.38 bits per heavy atom. The van der Waals surface area contributed by atoms with Gasteiger partial charge in [-0.2, -0.15) is 5.10 Å². The molecule has 0 saturated heterocycles. The fourth-order valence-corrected chi connectivity index (χ4v) is 2.14. The molecule has 2 N–H and O–H groups in total. The third kappa shape index (κ3) is 4.77. The fourth-order valence-electron chi connectivity index (χ4n) is 2.14. The number of rotatable bonds is 4. The second kappa shape index (κ2) is 6.15. The number of hydrogen-bond acceptors (Lipinski definition) is 4. The van der Waals surface area contributed by atoms with Gasteiger partial charge in [-0.1, -0.05) is 0 Å². The normalized spacial score (nSPS) is 12.9. The van der Waals surface area contributed by atoms with E-state index < -0.39 is 23.7 Å². The summed E-state index contributed by atoms with van der Waals surface area (Å²) in [5, 5.41) is 15.9. The first-order valence-corrected chi connectivity index (χ1v) is 6.72. The van der Waals surface area contributed by atoms with Gasteiger partial charge in [-0.3, -0.25) is 9.48 Å². The lowest BCUT2D eigenvalue weighted by molar-refractivity contribution is -0.137. The van der Waals surface area contributed by atoms with E-state index in [1.807, 2.05) is 6.92 Å². The van der Waals surface area contributed by atoms with E-state index in [2.05, 4.69) is 10.4 Å². The van der Waals surface area contributed by atoms with Crippen LogP contribution in [-0.2, 0) is 16.6 Å². The van der Waals surface area contributed by atoms with Gasteiger partial charge in [-0.05, 0) is 34.6 Å². The Bertz CT molecular complexity index is 543. The molecule has 0 spiro atoms. The molecule has 1 aromatic heterocycles. The Labute approximate surface area is 124 Å². The maximum absolute atomic E-state index is 11.9. The Hall–Kier alpha value is -2.05. The number of hydrogen-bond donors (Lipinski definition) is 2. The van der Waals surface area contributed by atoms with Crippen molar-refractivity contribution < 1.29 is 19.4 Å². The van der Waals surface area contributed by atoms with E-state index in [9.17, 15) is 9.59 Å². The van der Waals surface area contributed by atoms with Crippen molar-refractivity contribution in [2.45, 2.75) is 52.7 Å². The molecular weight excluding hydrogens is 274 g/mol. The molecule has 0 fully saturated rings. The van der Waals surface area contributed by atoms with Crippen molar-refractivity contribution in [3.05, 3.63) is 17.0 Å². The van der Waals surface area contributed by atoms with Crippen LogP contribution < -0.4 is 5.32 Å². The number of alkyl carbamates (subject to hydrolysis) is 1. The second-order valence-corrected chi connectivity index (χ2v) is 6.00. The molecule has 0 saturated carbocycles. The molecule has 1 aromatic rings. The molecule has 1 heterocycles. The summed E-state index contributed by atoms with van der Waals surface area (Å²) in [6.45, 7) is 8.87. The maximum atomic E-state index is 11.9. The van der Waals surface area contributed by atoms with E-state index in [0.717, 1.165) is 5.69 Å². The number of amides is 1. The van der Waals surface area contributed by atoms with Crippen molar-refractivity contribution in [3.8, 4) is 0 Å². The standard InChI is InChI=1S/C14H23N3O4/c1-8-12(9(2)17(6)16-8)10(7-11(18)19)15-13(20)21-14(3,4)5/h10H,7H2,1-6H3,(H,15,20)(H,18,19)/t10-/m0/s1. The minimum Gasteiger partial charge on any atom is -0.481 e. The minimum atomic E-state index is -1.00. The number of nitrogens with zero attached hydrogens (tertiary/aromatic N) is 2. The number of ether oxygens (including phenoxy) is 1. The van der Waals surface area contributed by atoms with Crippen molar-refractivity contribution in [1.82, 2.24) is 15.1 Å². The number of aromatic nitrogens is 2. The van der Waals surface area contributed by atoms with Gasteiger partial charge in [-0.25, -0.2) is 4.79 Å². The summed E-state index contributed by atoms with van der Waals surface area (Å²) < 4.78 is 6.85. The molecule has 1 rings (SSSR count). The molecule has 7 heteroatoms. The van der Waals surface area contributed by atoms with Crippen LogP contribution in [0.1, 0.15) is 50.2 Å². The first-order valence-electron chi connectivity index (χ1n) is 6.72. The van der Waals surface area contributed by atoms with Crippen LogP contribution >= 0.6 is 0 Å². The van der Waals surface area contributed by atoms with Crippen LogP contribution in [-0.4, -0.2) is 32.6 Å². The van der Waals surface area contributed by atoms with Gasteiger partial charge < -0.3 is 15.2 Å². The largest absolute Gasteiger partial charge is 0.481 e. The van der Waals surface area contributed by atoms with Crippen molar-refractivity contribution in [3.63, 3.8) is 0 Å². The second-order valence-electron chi connectivity index (χ2n) is 6.00. The lowest BCUT2D eigenvalue weighted by atomic mass is 10.0. The van der Waals surface area contributed by atoms with Crippen LogP contribution in [0.25, 0.3) is 0 Å². The molecule has 0 aromatic carbocycles. The molecule has 0 bridgehead atoms. The van der Waals surface area contributed by atoms with Gasteiger partial charge in [0.25, 0.3) is 0 Å². The molecule has 0 radical (unpaired) electrons. The smallest absolute Gasteiger partial charge is 0.408 e. The zero-order valence-electron chi connectivity index (χ0n) is 13.4. The third-order valence-electron chi connectivity index (χ3n) is 2.98. The summed E-state index contributed by atoms with van der Waals surface area (Å²) in [7, 11) is 1.77. The van der Waals surface area contributed by atoms with E-state index in [0.29, 0.717) is 11.3 Å². The zero-order chi connectivity index (χ0) is 16.4. The Morgan fingerprint density at radius 2 is 1.95 bits per heavy atom. The molecule has 1 amide bonds. The highest BCUT2D eigenvalue weighted by Gasteiger charge is 2.26. The maximum Gasteiger partial charge on any atom is 0.408 e. The van der Waals surface area contributed by atoms with E-state index in [-0.39, 0.29) is 6.42 Å². The van der Waals surface area contributed by atoms with E-state index >= 15 is 0 Å². The van der Waals surface area contributed by atoms with Crippen LogP contribution in [0.3, 0.4) is 0 Å². The predicted octanol–water partition coefficient (Wildman–Crippen LogP) is 2.08. The summed E-state index contributed by atoms with van der Waals surface area (Å²) in [6, 6.07) is -0.675. The highest BCUT2D eigenvalue weighted by molar-refractivity contribution is 5.72. The van der Waals surface area contributed by atoms with E-state index in [1.165, 1.54) is 0 Å². The number of aliphatic carboxylic acids is 1. The zero-order valence-corrected chi connectivity index (χ0v) is 13.4. The lowest BCUT2D eigenvalue weighted by Gasteiger charge is -2.23. The van der Waals surface area contributed by atoms with Crippen LogP contribution in [0, 0.1) is 13.8 Å². The number of carboxylic acids is 1. The summed E-state index contributed by atoms with van der Waals surface area (Å²) in [5.41, 5.74) is 1.58. The van der Waals surface area contributed by atoms with Crippen molar-refractivity contribution in [1.29, 1.82) is 0 Å². The number of nitrogens with one attached hydrogen (secondary N) is 1. The highest BCUT2D eigenvalue weighted by atomic mass is 16.6. The van der Waals surface area contributed by atoms with Crippen LogP contribution in [0.5, 0.6) is 0 Å². The molecule has 7 nitrogen and oxygen atoms in total. The van der Waals surface area contributed by atoms with Gasteiger partial charge >= 0.3 is 12.1 Å². The van der Waals surface area contributed by atoms with E-state index in [4.69, 9.17) is 9.84 Å². The van der Waals surface area contributed by atoms with Crippen molar-refractivity contribution in [2.24, 2.45) is 7.05 Å². The monoisotopic (exact) mass is 297 g/mol. The molecule has 0 aliphatic rings. The SMILES string of the molecule is Cc1nn(C)c(C)c1[C@H](CC(=O)O)NC(=O)OC(C)(C)C. The van der Waals surface area contributed by atoms with Crippen molar-refractivity contribution in [2.75, 3.05) is 0 Å². The summed E-state index contributed by atoms with van der Waals surface area (Å²) in [6.07, 6.45) is -0.872. The Balaban J connectivity index is 3.01.